The molecule has 1 amide bonds. The second-order valence-electron chi connectivity index (χ2n) is 4.23. The summed E-state index contributed by atoms with van der Waals surface area (Å²) in [5.74, 6) is -0.0486. The van der Waals surface area contributed by atoms with Crippen molar-refractivity contribution in [2.75, 3.05) is 0 Å². The fourth-order valence-corrected chi connectivity index (χ4v) is 1.89. The quantitative estimate of drug-likeness (QED) is 0.650. The van der Waals surface area contributed by atoms with E-state index in [0.29, 0.717) is 6.42 Å². The summed E-state index contributed by atoms with van der Waals surface area (Å²) in [4.78, 5) is 11.3. The van der Waals surface area contributed by atoms with Crippen LogP contribution >= 0.6 is 0 Å². The van der Waals surface area contributed by atoms with Crippen molar-refractivity contribution in [3.8, 4) is 0 Å². The van der Waals surface area contributed by atoms with E-state index >= 15 is 0 Å². The van der Waals surface area contributed by atoms with Crippen molar-refractivity contribution in [2.45, 2.75) is 19.8 Å². The molecule has 0 aliphatic rings. The van der Waals surface area contributed by atoms with Gasteiger partial charge in [-0.1, -0.05) is 25.1 Å². The fraction of sp³-hybridized carbons (Fsp3) is 0.286. The molecule has 0 aliphatic carbocycles. The van der Waals surface area contributed by atoms with Gasteiger partial charge < -0.3 is 4.57 Å². The van der Waals surface area contributed by atoms with E-state index in [1.54, 1.807) is 6.21 Å². The minimum absolute atomic E-state index is 0.0486. The number of carbonyl (C=O) groups excluding carboxylic acids is 1. The van der Waals surface area contributed by atoms with Crippen LogP contribution in [0.3, 0.4) is 0 Å². The summed E-state index contributed by atoms with van der Waals surface area (Å²) in [6.45, 7) is 1.97. The topological polar surface area (TPSA) is 46.4 Å². The lowest BCUT2D eigenvalue weighted by molar-refractivity contribution is -0.121. The van der Waals surface area contributed by atoms with Gasteiger partial charge in [-0.25, -0.2) is 5.43 Å². The van der Waals surface area contributed by atoms with Crippen LogP contribution in [0.2, 0.25) is 0 Å². The molecule has 1 aromatic carbocycles. The first-order chi connectivity index (χ1) is 8.72. The van der Waals surface area contributed by atoms with Gasteiger partial charge >= 0.3 is 0 Å². The van der Waals surface area contributed by atoms with E-state index in [2.05, 4.69) is 22.7 Å². The number of amides is 1. The Morgan fingerprint density at radius 2 is 2.22 bits per heavy atom. The van der Waals surface area contributed by atoms with Crippen LogP contribution < -0.4 is 5.43 Å². The number of nitrogens with one attached hydrogen (secondary N) is 1. The Kier molecular flexibility index (Phi) is 3.77. The summed E-state index contributed by atoms with van der Waals surface area (Å²) >= 11 is 0. The Balaban J connectivity index is 2.14. The lowest BCUT2D eigenvalue weighted by Crippen LogP contribution is -2.16. The number of para-hydroxylation sites is 1. The number of aromatic nitrogens is 1. The van der Waals surface area contributed by atoms with Gasteiger partial charge in [-0.15, -0.1) is 0 Å². The lowest BCUT2D eigenvalue weighted by atomic mass is 10.2. The molecule has 0 spiro atoms. The van der Waals surface area contributed by atoms with Crippen LogP contribution in [0.1, 0.15) is 25.5 Å². The third kappa shape index (κ3) is 2.59. The highest BCUT2D eigenvalue weighted by molar-refractivity contribution is 5.90. The normalized spacial score (nSPS) is 11.2. The molecule has 2 aromatic rings. The summed E-state index contributed by atoms with van der Waals surface area (Å²) in [5.41, 5.74) is 4.64. The zero-order chi connectivity index (χ0) is 13.0. The molecular weight excluding hydrogens is 226 g/mol. The smallest absolute Gasteiger partial charge is 0.240 e. The van der Waals surface area contributed by atoms with E-state index in [0.717, 1.165) is 17.6 Å². The van der Waals surface area contributed by atoms with Crippen molar-refractivity contribution in [3.63, 3.8) is 0 Å². The third-order valence-corrected chi connectivity index (χ3v) is 2.85. The third-order valence-electron chi connectivity index (χ3n) is 2.85. The Morgan fingerprint density at radius 3 is 2.94 bits per heavy atom. The Hall–Kier alpha value is -2.10. The first-order valence-corrected chi connectivity index (χ1v) is 6.08. The van der Waals surface area contributed by atoms with Gasteiger partial charge in [0.2, 0.25) is 5.91 Å². The first-order valence-electron chi connectivity index (χ1n) is 6.08. The second-order valence-corrected chi connectivity index (χ2v) is 4.23. The average Bonchev–Trinajstić information content (AvgIpc) is 2.68. The van der Waals surface area contributed by atoms with Crippen molar-refractivity contribution >= 4 is 23.0 Å². The van der Waals surface area contributed by atoms with Gasteiger partial charge in [0.25, 0.3) is 0 Å². The van der Waals surface area contributed by atoms with E-state index in [1.165, 1.54) is 5.39 Å². The highest BCUT2D eigenvalue weighted by Crippen LogP contribution is 2.16. The average molecular weight is 243 g/mol. The minimum Gasteiger partial charge on any atom is -0.343 e. The van der Waals surface area contributed by atoms with E-state index in [-0.39, 0.29) is 5.91 Å². The van der Waals surface area contributed by atoms with Crippen molar-refractivity contribution in [2.24, 2.45) is 12.1 Å². The Morgan fingerprint density at radius 1 is 1.44 bits per heavy atom. The molecule has 94 valence electrons. The van der Waals surface area contributed by atoms with Crippen molar-refractivity contribution in [1.29, 1.82) is 0 Å². The van der Waals surface area contributed by atoms with Gasteiger partial charge in [-0.3, -0.25) is 4.79 Å². The number of hydrogen-bond acceptors (Lipinski definition) is 2. The number of hydrazone groups is 1. The van der Waals surface area contributed by atoms with Crippen molar-refractivity contribution in [1.82, 2.24) is 9.99 Å². The minimum atomic E-state index is -0.0486. The van der Waals surface area contributed by atoms with Crippen molar-refractivity contribution < 1.29 is 4.79 Å². The number of benzene rings is 1. The molecule has 0 radical (unpaired) electrons. The summed E-state index contributed by atoms with van der Waals surface area (Å²) in [6, 6.07) is 10.2. The molecule has 0 fully saturated rings. The van der Waals surface area contributed by atoms with Gasteiger partial charge in [0, 0.05) is 24.4 Å². The van der Waals surface area contributed by atoms with Gasteiger partial charge in [-0.05, 0) is 18.6 Å². The molecule has 0 atom stereocenters. The monoisotopic (exact) mass is 243 g/mol. The maximum Gasteiger partial charge on any atom is 0.240 e. The van der Waals surface area contributed by atoms with Gasteiger partial charge in [0.1, 0.15) is 0 Å². The molecule has 0 saturated heterocycles. The van der Waals surface area contributed by atoms with Gasteiger partial charge in [0.15, 0.2) is 0 Å². The predicted octanol–water partition coefficient (Wildman–Crippen LogP) is 2.43. The molecule has 2 rings (SSSR count). The van der Waals surface area contributed by atoms with Crippen LogP contribution in [-0.4, -0.2) is 16.7 Å². The molecule has 0 aliphatic heterocycles. The fourth-order valence-electron chi connectivity index (χ4n) is 1.89. The number of rotatable bonds is 4. The summed E-state index contributed by atoms with van der Waals surface area (Å²) in [7, 11) is 1.98. The number of hydrogen-bond donors (Lipinski definition) is 1. The zero-order valence-corrected chi connectivity index (χ0v) is 10.7. The SMILES string of the molecule is CCCC(=O)NN=Cc1cc2ccccc2n1C. The molecular formula is C14H17N3O. The van der Waals surface area contributed by atoms with E-state index in [1.807, 2.05) is 36.7 Å². The van der Waals surface area contributed by atoms with E-state index in [4.69, 9.17) is 0 Å². The number of fused-ring (bicyclic) bond motifs is 1. The van der Waals surface area contributed by atoms with Crippen LogP contribution in [0.25, 0.3) is 10.9 Å². The molecule has 1 aromatic heterocycles. The van der Waals surface area contributed by atoms with Crippen molar-refractivity contribution in [3.05, 3.63) is 36.0 Å². The number of aryl methyl sites for hydroxylation is 1. The second kappa shape index (κ2) is 5.49. The van der Waals surface area contributed by atoms with Gasteiger partial charge in [0.05, 0.1) is 11.9 Å². The van der Waals surface area contributed by atoms with Crippen LogP contribution in [0, 0.1) is 0 Å². The van der Waals surface area contributed by atoms with Crippen LogP contribution in [0.5, 0.6) is 0 Å². The molecule has 0 unspecified atom stereocenters. The first kappa shape index (κ1) is 12.4. The largest absolute Gasteiger partial charge is 0.343 e. The number of carbonyl (C=O) groups is 1. The Labute approximate surface area is 106 Å². The van der Waals surface area contributed by atoms with Crippen LogP contribution in [0.15, 0.2) is 35.4 Å². The summed E-state index contributed by atoms with van der Waals surface area (Å²) in [6.07, 6.45) is 3.01. The highest BCUT2D eigenvalue weighted by atomic mass is 16.2. The standard InChI is InChI=1S/C14H17N3O/c1-3-6-14(18)16-15-10-12-9-11-7-4-5-8-13(11)17(12)2/h4-5,7-10H,3,6H2,1-2H3,(H,16,18). The van der Waals surface area contributed by atoms with E-state index in [9.17, 15) is 4.79 Å². The van der Waals surface area contributed by atoms with Gasteiger partial charge in [-0.2, -0.15) is 5.10 Å². The molecule has 4 nitrogen and oxygen atoms in total. The maximum absolute atomic E-state index is 11.3. The maximum atomic E-state index is 11.3. The molecule has 0 bridgehead atoms. The number of nitrogens with zero attached hydrogens (tertiary/aromatic N) is 2. The summed E-state index contributed by atoms with van der Waals surface area (Å²) < 4.78 is 2.05. The predicted molar refractivity (Wildman–Crippen MR) is 73.6 cm³/mol. The van der Waals surface area contributed by atoms with Crippen LogP contribution in [0.4, 0.5) is 0 Å². The summed E-state index contributed by atoms with van der Waals surface area (Å²) in [5, 5.41) is 5.14. The lowest BCUT2D eigenvalue weighted by Gasteiger charge is -1.99. The molecule has 18 heavy (non-hydrogen) atoms. The molecule has 0 saturated carbocycles. The highest BCUT2D eigenvalue weighted by Gasteiger charge is 2.02. The Bertz CT molecular complexity index is 584. The zero-order valence-electron chi connectivity index (χ0n) is 10.7. The van der Waals surface area contributed by atoms with Crippen LogP contribution in [-0.2, 0) is 11.8 Å². The molecule has 1 heterocycles. The van der Waals surface area contributed by atoms with E-state index < -0.39 is 0 Å². The molecule has 4 heteroatoms. The molecule has 1 N–H and O–H groups in total.